The zero-order valence-electron chi connectivity index (χ0n) is 10.0. The highest BCUT2D eigenvalue weighted by Crippen LogP contribution is 2.06. The van der Waals surface area contributed by atoms with E-state index >= 15 is 0 Å². The van der Waals surface area contributed by atoms with Gasteiger partial charge in [-0.25, -0.2) is 0 Å². The van der Waals surface area contributed by atoms with Crippen molar-refractivity contribution in [1.29, 1.82) is 0 Å². The maximum absolute atomic E-state index is 4.29. The molecule has 0 radical (unpaired) electrons. The highest BCUT2D eigenvalue weighted by Gasteiger charge is 2.15. The number of aryl methyl sites for hydroxylation is 1. The normalized spacial score (nSPS) is 21.8. The van der Waals surface area contributed by atoms with Crippen LogP contribution in [-0.4, -0.2) is 40.4 Å². The van der Waals surface area contributed by atoms with Gasteiger partial charge in [0, 0.05) is 50.5 Å². The number of halogens is 1. The average Bonchev–Trinajstić information content (AvgIpc) is 2.65. The molecule has 0 saturated carbocycles. The molecule has 1 N–H and O–H groups in total. The fraction of sp³-hybridized carbons (Fsp3) is 0.727. The second-order valence-electron chi connectivity index (χ2n) is 4.29. The van der Waals surface area contributed by atoms with Crippen molar-refractivity contribution >= 4 is 12.4 Å². The topological polar surface area (TPSA) is 33.1 Å². The first-order valence-corrected chi connectivity index (χ1v) is 5.75. The molecule has 1 aliphatic heterocycles. The van der Waals surface area contributed by atoms with Crippen LogP contribution in [0.25, 0.3) is 0 Å². The molecule has 4 nitrogen and oxygen atoms in total. The molecule has 2 rings (SSSR count). The molecule has 0 unspecified atom stereocenters. The third kappa shape index (κ3) is 3.47. The molecule has 0 aliphatic carbocycles. The van der Waals surface area contributed by atoms with E-state index in [2.05, 4.69) is 35.4 Å². The van der Waals surface area contributed by atoms with Crippen LogP contribution in [0.2, 0.25) is 0 Å². The van der Waals surface area contributed by atoms with E-state index < -0.39 is 0 Å². The molecule has 5 heteroatoms. The van der Waals surface area contributed by atoms with Gasteiger partial charge in [-0.05, 0) is 13.8 Å². The summed E-state index contributed by atoms with van der Waals surface area (Å²) in [6, 6.07) is 0.611. The first kappa shape index (κ1) is 13.5. The number of nitrogens with zero attached hydrogens (tertiary/aromatic N) is 3. The van der Waals surface area contributed by atoms with Gasteiger partial charge in [0.25, 0.3) is 0 Å². The van der Waals surface area contributed by atoms with Gasteiger partial charge >= 0.3 is 0 Å². The third-order valence-corrected chi connectivity index (χ3v) is 2.87. The summed E-state index contributed by atoms with van der Waals surface area (Å²) in [5.74, 6) is 0. The number of hydrogen-bond donors (Lipinski definition) is 1. The highest BCUT2D eigenvalue weighted by molar-refractivity contribution is 5.85. The van der Waals surface area contributed by atoms with Gasteiger partial charge in [0.2, 0.25) is 0 Å². The van der Waals surface area contributed by atoms with Gasteiger partial charge < -0.3 is 5.32 Å². The van der Waals surface area contributed by atoms with E-state index in [-0.39, 0.29) is 12.4 Å². The Morgan fingerprint density at radius 3 is 3.00 bits per heavy atom. The number of aromatic nitrogens is 2. The van der Waals surface area contributed by atoms with Gasteiger partial charge in [-0.2, -0.15) is 5.10 Å². The number of piperazine rings is 1. The largest absolute Gasteiger partial charge is 0.312 e. The van der Waals surface area contributed by atoms with Crippen LogP contribution in [0.1, 0.15) is 19.4 Å². The maximum atomic E-state index is 4.29. The van der Waals surface area contributed by atoms with Crippen LogP contribution >= 0.6 is 12.4 Å². The summed E-state index contributed by atoms with van der Waals surface area (Å²) in [5.41, 5.74) is 1.32. The standard InChI is InChI=1S/C11H20N4.ClH/c1-3-15-9-11(6-13-15)8-14-5-4-12-10(2)7-14;/h6,9-10,12H,3-5,7-8H2,1-2H3;1H/t10-;/m0./s1. The van der Waals surface area contributed by atoms with Crippen LogP contribution in [0.5, 0.6) is 0 Å². The lowest BCUT2D eigenvalue weighted by atomic mass is 10.2. The minimum atomic E-state index is 0. The predicted molar refractivity (Wildman–Crippen MR) is 67.9 cm³/mol. The SMILES string of the molecule is CCn1cc(CN2CCN[C@@H](C)C2)cn1.Cl. The Morgan fingerprint density at radius 2 is 2.38 bits per heavy atom. The minimum absolute atomic E-state index is 0. The summed E-state index contributed by atoms with van der Waals surface area (Å²) in [5, 5.41) is 7.75. The molecule has 16 heavy (non-hydrogen) atoms. The number of rotatable bonds is 3. The van der Waals surface area contributed by atoms with Gasteiger partial charge in [0.15, 0.2) is 0 Å². The summed E-state index contributed by atoms with van der Waals surface area (Å²) in [6.45, 7) is 9.72. The lowest BCUT2D eigenvalue weighted by Crippen LogP contribution is -2.48. The Kier molecular flexibility index (Phi) is 5.25. The van der Waals surface area contributed by atoms with Crippen LogP contribution in [-0.2, 0) is 13.1 Å². The predicted octanol–water partition coefficient (Wildman–Crippen LogP) is 1.12. The van der Waals surface area contributed by atoms with E-state index in [0.29, 0.717) is 6.04 Å². The second kappa shape index (κ2) is 6.23. The third-order valence-electron chi connectivity index (χ3n) is 2.87. The Labute approximate surface area is 103 Å². The van der Waals surface area contributed by atoms with Crippen LogP contribution in [0, 0.1) is 0 Å². The molecule has 1 aromatic rings. The molecule has 0 aromatic carbocycles. The van der Waals surface area contributed by atoms with Crippen LogP contribution in [0.3, 0.4) is 0 Å². The smallest absolute Gasteiger partial charge is 0.0534 e. The van der Waals surface area contributed by atoms with Gasteiger partial charge in [0.05, 0.1) is 6.20 Å². The molecule has 1 aliphatic rings. The van der Waals surface area contributed by atoms with E-state index in [1.54, 1.807) is 0 Å². The van der Waals surface area contributed by atoms with Crippen molar-refractivity contribution in [2.24, 2.45) is 0 Å². The minimum Gasteiger partial charge on any atom is -0.312 e. The van der Waals surface area contributed by atoms with Crippen molar-refractivity contribution in [3.05, 3.63) is 18.0 Å². The van der Waals surface area contributed by atoms with Crippen molar-refractivity contribution in [1.82, 2.24) is 20.0 Å². The molecule has 1 fully saturated rings. The van der Waals surface area contributed by atoms with Gasteiger partial charge in [0.1, 0.15) is 0 Å². The lowest BCUT2D eigenvalue weighted by Gasteiger charge is -2.31. The van der Waals surface area contributed by atoms with Crippen molar-refractivity contribution < 1.29 is 0 Å². The molecule has 1 aromatic heterocycles. The fourth-order valence-corrected chi connectivity index (χ4v) is 2.07. The van der Waals surface area contributed by atoms with E-state index in [4.69, 9.17) is 0 Å². The molecule has 0 bridgehead atoms. The first-order chi connectivity index (χ1) is 7.28. The number of hydrogen-bond acceptors (Lipinski definition) is 3. The van der Waals surface area contributed by atoms with Crippen LogP contribution in [0.15, 0.2) is 12.4 Å². The van der Waals surface area contributed by atoms with Gasteiger partial charge in [-0.15, -0.1) is 12.4 Å². The van der Waals surface area contributed by atoms with Crippen LogP contribution in [0.4, 0.5) is 0 Å². The molecule has 0 amide bonds. The lowest BCUT2D eigenvalue weighted by molar-refractivity contribution is 0.199. The number of nitrogens with one attached hydrogen (secondary N) is 1. The summed E-state index contributed by atoms with van der Waals surface area (Å²) >= 11 is 0. The second-order valence-corrected chi connectivity index (χ2v) is 4.29. The first-order valence-electron chi connectivity index (χ1n) is 5.75. The highest BCUT2D eigenvalue weighted by atomic mass is 35.5. The quantitative estimate of drug-likeness (QED) is 0.865. The van der Waals surface area contributed by atoms with Crippen molar-refractivity contribution in [3.8, 4) is 0 Å². The molecule has 1 saturated heterocycles. The Morgan fingerprint density at radius 1 is 1.56 bits per heavy atom. The summed E-state index contributed by atoms with van der Waals surface area (Å²) in [6.07, 6.45) is 4.13. The van der Waals surface area contributed by atoms with Crippen molar-refractivity contribution in [3.63, 3.8) is 0 Å². The van der Waals surface area contributed by atoms with Crippen LogP contribution < -0.4 is 5.32 Å². The van der Waals surface area contributed by atoms with Crippen molar-refractivity contribution in [2.45, 2.75) is 33.0 Å². The van der Waals surface area contributed by atoms with E-state index in [1.165, 1.54) is 5.56 Å². The molecule has 1 atom stereocenters. The molecule has 92 valence electrons. The maximum Gasteiger partial charge on any atom is 0.0534 e. The molecule has 2 heterocycles. The summed E-state index contributed by atoms with van der Waals surface area (Å²) < 4.78 is 1.99. The van der Waals surface area contributed by atoms with E-state index in [9.17, 15) is 0 Å². The van der Waals surface area contributed by atoms with E-state index in [1.807, 2.05) is 10.9 Å². The fourth-order valence-electron chi connectivity index (χ4n) is 2.07. The summed E-state index contributed by atoms with van der Waals surface area (Å²) in [7, 11) is 0. The Hall–Kier alpha value is -0.580. The zero-order valence-corrected chi connectivity index (χ0v) is 10.8. The Balaban J connectivity index is 0.00000128. The Bertz CT molecular complexity index is 313. The summed E-state index contributed by atoms with van der Waals surface area (Å²) in [4.78, 5) is 2.48. The monoisotopic (exact) mass is 244 g/mol. The molecular formula is C11H21ClN4. The average molecular weight is 245 g/mol. The van der Waals surface area contributed by atoms with Gasteiger partial charge in [-0.3, -0.25) is 9.58 Å². The van der Waals surface area contributed by atoms with Gasteiger partial charge in [-0.1, -0.05) is 0 Å². The van der Waals surface area contributed by atoms with Crippen molar-refractivity contribution in [2.75, 3.05) is 19.6 Å². The molecular weight excluding hydrogens is 224 g/mol. The zero-order chi connectivity index (χ0) is 10.7. The molecule has 0 spiro atoms. The van der Waals surface area contributed by atoms with E-state index in [0.717, 1.165) is 32.7 Å².